The van der Waals surface area contributed by atoms with E-state index in [1.54, 1.807) is 0 Å². The fourth-order valence-corrected chi connectivity index (χ4v) is 1.38. The molecule has 6 nitrogen and oxygen atoms in total. The number of halogens is 2. The molecule has 8 heteroatoms. The molecule has 1 atom stereocenters. The van der Waals surface area contributed by atoms with Gasteiger partial charge >= 0.3 is 17.9 Å². The molecule has 0 aromatic carbocycles. The molecular formula is C12H17F2O6-. The maximum Gasteiger partial charge on any atom is 0.323 e. The lowest BCUT2D eigenvalue weighted by atomic mass is 10.0. The number of carbonyl (C=O) groups excluding carboxylic acids is 3. The second-order valence-electron chi connectivity index (χ2n) is 4.51. The van der Waals surface area contributed by atoms with E-state index in [4.69, 9.17) is 0 Å². The largest absolute Gasteiger partial charge is 0.544 e. The Balaban J connectivity index is 4.43. The second kappa shape index (κ2) is 7.76. The molecule has 0 saturated carbocycles. The normalized spacial score (nSPS) is 12.9. The third-order valence-electron chi connectivity index (χ3n) is 2.32. The van der Waals surface area contributed by atoms with Crippen molar-refractivity contribution in [2.24, 2.45) is 5.92 Å². The van der Waals surface area contributed by atoms with E-state index in [1.807, 2.05) is 0 Å². The van der Waals surface area contributed by atoms with Gasteiger partial charge in [-0.05, 0) is 12.3 Å². The fraction of sp³-hybridized carbons (Fsp3) is 0.750. The summed E-state index contributed by atoms with van der Waals surface area (Å²) in [6.07, 6.45) is -2.27. The van der Waals surface area contributed by atoms with E-state index in [0.717, 1.165) is 0 Å². The summed E-state index contributed by atoms with van der Waals surface area (Å²) in [6, 6.07) is 0. The van der Waals surface area contributed by atoms with Gasteiger partial charge in [-0.3, -0.25) is 9.59 Å². The minimum atomic E-state index is -4.26. The highest BCUT2D eigenvalue weighted by molar-refractivity contribution is 5.75. The molecule has 0 heterocycles. The Bertz CT molecular complexity index is 367. The van der Waals surface area contributed by atoms with E-state index < -0.39 is 35.9 Å². The molecule has 0 aliphatic rings. The molecule has 0 rings (SSSR count). The first kappa shape index (κ1) is 18.3. The number of carboxylic acid groups (broad SMARTS) is 1. The Morgan fingerprint density at radius 1 is 1.25 bits per heavy atom. The van der Waals surface area contributed by atoms with Gasteiger partial charge in [0.25, 0.3) is 0 Å². The highest BCUT2D eigenvalue weighted by Crippen LogP contribution is 2.27. The molecule has 116 valence electrons. The molecule has 0 saturated heterocycles. The smallest absolute Gasteiger partial charge is 0.323 e. The summed E-state index contributed by atoms with van der Waals surface area (Å²) in [5.41, 5.74) is 0. The third-order valence-corrected chi connectivity index (χ3v) is 2.32. The first-order chi connectivity index (χ1) is 9.09. The lowest BCUT2D eigenvalue weighted by Gasteiger charge is -2.30. The van der Waals surface area contributed by atoms with Crippen LogP contribution in [-0.4, -0.2) is 36.5 Å². The van der Waals surface area contributed by atoms with Gasteiger partial charge in [0.1, 0.15) is 5.97 Å². The molecular weight excluding hydrogens is 278 g/mol. The van der Waals surface area contributed by atoms with Gasteiger partial charge in [0.15, 0.2) is 6.10 Å². The Labute approximate surface area is 115 Å². The summed E-state index contributed by atoms with van der Waals surface area (Å²) in [5, 5.41) is 10.4. The van der Waals surface area contributed by atoms with Crippen molar-refractivity contribution in [2.45, 2.75) is 45.6 Å². The Morgan fingerprint density at radius 2 is 1.80 bits per heavy atom. The number of rotatable bonds is 8. The lowest BCUT2D eigenvalue weighted by molar-refractivity contribution is -0.337. The van der Waals surface area contributed by atoms with Crippen LogP contribution in [-0.2, 0) is 23.9 Å². The summed E-state index contributed by atoms with van der Waals surface area (Å²) < 4.78 is 35.7. The van der Waals surface area contributed by atoms with Gasteiger partial charge in [-0.1, -0.05) is 13.8 Å². The second-order valence-corrected chi connectivity index (χ2v) is 4.51. The number of hydrogen-bond donors (Lipinski definition) is 0. The van der Waals surface area contributed by atoms with Gasteiger partial charge in [0.2, 0.25) is 0 Å². The van der Waals surface area contributed by atoms with Crippen molar-refractivity contribution in [1.82, 2.24) is 0 Å². The highest BCUT2D eigenvalue weighted by Gasteiger charge is 2.45. The van der Waals surface area contributed by atoms with Gasteiger partial charge in [0, 0.05) is 13.3 Å². The van der Waals surface area contributed by atoms with Gasteiger partial charge in [-0.15, -0.1) is 0 Å². The van der Waals surface area contributed by atoms with E-state index in [0.29, 0.717) is 0 Å². The number of carboxylic acids is 1. The number of carbonyl (C=O) groups is 3. The number of esters is 2. The molecule has 0 radical (unpaired) electrons. The van der Waals surface area contributed by atoms with Crippen LogP contribution in [0.4, 0.5) is 8.78 Å². The minimum Gasteiger partial charge on any atom is -0.544 e. The average molecular weight is 295 g/mol. The summed E-state index contributed by atoms with van der Waals surface area (Å²) in [6.45, 7) is 3.74. The number of alkyl halides is 2. The van der Waals surface area contributed by atoms with Crippen LogP contribution in [0.3, 0.4) is 0 Å². The average Bonchev–Trinajstić information content (AvgIpc) is 2.30. The molecule has 0 aromatic heterocycles. The molecule has 0 N–H and O–H groups in total. The number of aliphatic carboxylic acids is 1. The van der Waals surface area contributed by atoms with Crippen molar-refractivity contribution < 1.29 is 37.7 Å². The molecule has 1 unspecified atom stereocenters. The van der Waals surface area contributed by atoms with E-state index in [1.165, 1.54) is 20.8 Å². The first-order valence-corrected chi connectivity index (χ1v) is 6.01. The monoisotopic (exact) mass is 295 g/mol. The number of hydrogen-bond acceptors (Lipinski definition) is 6. The Hall–Kier alpha value is -1.73. The van der Waals surface area contributed by atoms with Gasteiger partial charge in [-0.2, -0.15) is 8.78 Å². The molecule has 0 aromatic rings. The predicted molar refractivity (Wildman–Crippen MR) is 60.5 cm³/mol. The summed E-state index contributed by atoms with van der Waals surface area (Å²) >= 11 is 0. The molecule has 0 aliphatic carbocycles. The van der Waals surface area contributed by atoms with Crippen LogP contribution in [0.25, 0.3) is 0 Å². The van der Waals surface area contributed by atoms with Crippen LogP contribution in [0.5, 0.6) is 0 Å². The fourth-order valence-electron chi connectivity index (χ4n) is 1.38. The Morgan fingerprint density at radius 3 is 2.20 bits per heavy atom. The van der Waals surface area contributed by atoms with Gasteiger partial charge < -0.3 is 19.4 Å². The SMILES string of the molecule is CC(=O)OCCCC(=O)OC(C(C)C)C(F)(F)C(=O)[O-]. The van der Waals surface area contributed by atoms with Crippen LogP contribution in [0, 0.1) is 5.92 Å². The van der Waals surface area contributed by atoms with Crippen molar-refractivity contribution >= 4 is 17.9 Å². The van der Waals surface area contributed by atoms with Crippen molar-refractivity contribution in [3.8, 4) is 0 Å². The van der Waals surface area contributed by atoms with E-state index in [-0.39, 0.29) is 19.4 Å². The standard InChI is InChI=1S/C12H18F2O6/c1-7(2)10(12(13,14)11(17)18)20-9(16)5-4-6-19-8(3)15/h7,10H,4-6H2,1-3H3,(H,17,18)/p-1. The zero-order valence-electron chi connectivity index (χ0n) is 11.5. The molecule has 0 bridgehead atoms. The summed E-state index contributed by atoms with van der Waals surface area (Å²) in [4.78, 5) is 32.2. The molecule has 20 heavy (non-hydrogen) atoms. The Kier molecular flexibility index (Phi) is 7.09. The quantitative estimate of drug-likeness (QED) is 0.472. The topological polar surface area (TPSA) is 92.7 Å². The van der Waals surface area contributed by atoms with Gasteiger partial charge in [-0.25, -0.2) is 0 Å². The van der Waals surface area contributed by atoms with Crippen LogP contribution in [0.1, 0.15) is 33.6 Å². The minimum absolute atomic E-state index is 0.0480. The lowest BCUT2D eigenvalue weighted by Crippen LogP contribution is -2.53. The third kappa shape index (κ3) is 5.94. The van der Waals surface area contributed by atoms with Gasteiger partial charge in [0.05, 0.1) is 6.61 Å². The zero-order valence-corrected chi connectivity index (χ0v) is 11.5. The van der Waals surface area contributed by atoms with Crippen LogP contribution in [0.2, 0.25) is 0 Å². The van der Waals surface area contributed by atoms with E-state index in [9.17, 15) is 28.3 Å². The molecule has 0 fully saturated rings. The molecule has 0 aliphatic heterocycles. The van der Waals surface area contributed by atoms with Crippen molar-refractivity contribution in [2.75, 3.05) is 6.61 Å². The van der Waals surface area contributed by atoms with Crippen molar-refractivity contribution in [3.63, 3.8) is 0 Å². The molecule has 0 spiro atoms. The summed E-state index contributed by atoms with van der Waals surface area (Å²) in [7, 11) is 0. The van der Waals surface area contributed by atoms with Crippen LogP contribution in [0.15, 0.2) is 0 Å². The van der Waals surface area contributed by atoms with Crippen LogP contribution >= 0.6 is 0 Å². The van der Waals surface area contributed by atoms with Crippen LogP contribution < -0.4 is 5.11 Å². The zero-order chi connectivity index (χ0) is 15.9. The molecule has 0 amide bonds. The maximum atomic E-state index is 13.3. The first-order valence-electron chi connectivity index (χ1n) is 6.01. The predicted octanol–water partition coefficient (Wildman–Crippen LogP) is 0.283. The maximum absolute atomic E-state index is 13.3. The number of ether oxygens (including phenoxy) is 2. The van der Waals surface area contributed by atoms with Crippen molar-refractivity contribution in [1.29, 1.82) is 0 Å². The summed E-state index contributed by atoms with van der Waals surface area (Å²) in [5.74, 6) is -9.28. The van der Waals surface area contributed by atoms with Crippen molar-refractivity contribution in [3.05, 3.63) is 0 Å². The highest BCUT2D eigenvalue weighted by atomic mass is 19.3. The van der Waals surface area contributed by atoms with E-state index in [2.05, 4.69) is 9.47 Å². The van der Waals surface area contributed by atoms with E-state index >= 15 is 0 Å².